The molecule has 190 valence electrons. The molecule has 0 saturated carbocycles. The van der Waals surface area contributed by atoms with Crippen molar-refractivity contribution in [3.05, 3.63) is 54.1 Å². The molecule has 3 N–H and O–H groups in total. The van der Waals surface area contributed by atoms with Gasteiger partial charge in [0.15, 0.2) is 0 Å². The molecule has 2 aromatic rings. The van der Waals surface area contributed by atoms with Gasteiger partial charge in [0.05, 0.1) is 0 Å². The molecule has 2 atom stereocenters. The number of amides is 2. The smallest absolute Gasteiger partial charge is 0.299 e. The maximum Gasteiger partial charge on any atom is 0.364 e. The molecular formula is C27H38N2O5Sn. The second kappa shape index (κ2) is 13.1. The largest absolute Gasteiger partial charge is 0.364 e. The molecule has 1 unspecified atom stereocenters. The van der Waals surface area contributed by atoms with Gasteiger partial charge in [-0.2, -0.15) is 5.26 Å². The summed E-state index contributed by atoms with van der Waals surface area (Å²) in [5, 5.41) is 14.1. The van der Waals surface area contributed by atoms with Gasteiger partial charge in [0, 0.05) is 0 Å². The van der Waals surface area contributed by atoms with E-state index in [9.17, 15) is 14.4 Å². The zero-order valence-corrected chi connectivity index (χ0v) is 24.4. The molecule has 0 spiro atoms. The fourth-order valence-electron chi connectivity index (χ4n) is 3.79. The third-order valence-corrected chi connectivity index (χ3v) is 11.7. The van der Waals surface area contributed by atoms with Gasteiger partial charge in [0.1, 0.15) is 6.04 Å². The Hall–Kier alpha value is -2.39. The zero-order chi connectivity index (χ0) is 26.2. The van der Waals surface area contributed by atoms with E-state index in [1.807, 2.05) is 32.9 Å². The Labute approximate surface area is 212 Å². The molecule has 35 heavy (non-hydrogen) atoms. The van der Waals surface area contributed by atoms with Crippen LogP contribution in [0.15, 0.2) is 48.5 Å². The van der Waals surface area contributed by atoms with Crippen molar-refractivity contribution in [2.45, 2.75) is 66.9 Å². The fourth-order valence-corrected chi connectivity index (χ4v) is 7.12. The van der Waals surface area contributed by atoms with Gasteiger partial charge in [-0.1, -0.05) is 27.2 Å². The van der Waals surface area contributed by atoms with Crippen LogP contribution in [0.3, 0.4) is 0 Å². The second-order valence-corrected chi connectivity index (χ2v) is 24.8. The number of hydrogen-bond donors (Lipinski definition) is 3. The maximum atomic E-state index is 12.9. The summed E-state index contributed by atoms with van der Waals surface area (Å²) in [6, 6.07) is 14.1. The Bertz CT molecular complexity index is 998. The van der Waals surface area contributed by atoms with Crippen molar-refractivity contribution in [2.75, 3.05) is 0 Å². The summed E-state index contributed by atoms with van der Waals surface area (Å²) in [6.07, 6.45) is 1.32. The molecule has 8 heteroatoms. The van der Waals surface area contributed by atoms with Crippen LogP contribution < -0.4 is 14.2 Å². The normalized spacial score (nSPS) is 13.1. The molecule has 2 rings (SSSR count). The number of carbonyl (C=O) groups excluding carboxylic acids is 3. The van der Waals surface area contributed by atoms with E-state index in [1.54, 1.807) is 12.1 Å². The van der Waals surface area contributed by atoms with Crippen LogP contribution in [-0.4, -0.2) is 53.5 Å². The predicted molar refractivity (Wildman–Crippen MR) is 141 cm³/mol. The Kier molecular flexibility index (Phi) is 10.8. The molecule has 0 radical (unpaired) electrons. The van der Waals surface area contributed by atoms with Gasteiger partial charge < -0.3 is 5.32 Å². The first kappa shape index (κ1) is 28.8. The number of hydrogen-bond acceptors (Lipinski definition) is 5. The van der Waals surface area contributed by atoms with Gasteiger partial charge in [0.25, 0.3) is 0 Å². The summed E-state index contributed by atoms with van der Waals surface area (Å²) >= 11 is -2.10. The van der Waals surface area contributed by atoms with E-state index in [-0.39, 0.29) is 11.8 Å². The van der Waals surface area contributed by atoms with Crippen molar-refractivity contribution < 1.29 is 24.5 Å². The van der Waals surface area contributed by atoms with Gasteiger partial charge >= 0.3 is 142 Å². The second-order valence-electron chi connectivity index (χ2n) is 10.3. The number of carbonyl (C=O) groups is 3. The molecule has 2 aromatic carbocycles. The van der Waals surface area contributed by atoms with Crippen molar-refractivity contribution in [3.63, 3.8) is 0 Å². The van der Waals surface area contributed by atoms with Gasteiger partial charge in [-0.15, -0.1) is 0 Å². The molecule has 0 heterocycles. The Balaban J connectivity index is 2.13. The molecule has 0 aliphatic heterocycles. The monoisotopic (exact) mass is 590 g/mol. The first-order chi connectivity index (χ1) is 16.5. The summed E-state index contributed by atoms with van der Waals surface area (Å²) in [5.41, 5.74) is 2.54. The van der Waals surface area contributed by atoms with Crippen LogP contribution in [-0.2, 0) is 14.5 Å². The van der Waals surface area contributed by atoms with Crippen LogP contribution in [0, 0.1) is 5.92 Å². The molecule has 0 fully saturated rings. The van der Waals surface area contributed by atoms with Crippen LogP contribution in [0.25, 0.3) is 11.1 Å². The Morgan fingerprint density at radius 3 is 1.89 bits per heavy atom. The average Bonchev–Trinajstić information content (AvgIpc) is 2.82. The Morgan fingerprint density at radius 1 is 0.886 bits per heavy atom. The fraction of sp³-hybridized carbons (Fsp3) is 0.444. The Morgan fingerprint density at radius 2 is 1.43 bits per heavy atom. The molecule has 7 nitrogen and oxygen atoms in total. The zero-order valence-electron chi connectivity index (χ0n) is 21.6. The number of nitrogens with one attached hydrogen (secondary N) is 2. The maximum absolute atomic E-state index is 12.9. The molecule has 0 bridgehead atoms. The van der Waals surface area contributed by atoms with Crippen molar-refractivity contribution in [3.8, 4) is 11.1 Å². The van der Waals surface area contributed by atoms with Crippen LogP contribution in [0.1, 0.15) is 50.4 Å². The van der Waals surface area contributed by atoms with E-state index in [0.717, 1.165) is 11.1 Å². The molecular weight excluding hydrogens is 551 g/mol. The minimum atomic E-state index is -2.10. The first-order valence-corrected chi connectivity index (χ1v) is 22.1. The van der Waals surface area contributed by atoms with Crippen molar-refractivity contribution in [1.82, 2.24) is 10.6 Å². The molecule has 0 saturated heterocycles. The SMILES string of the molecule is CCCC(NC(=O)[C@H](CC(C)C)NC(=O)c1ccc(-c2cc[c]([Sn]([CH3])([CH3])[CH3])cc2)cc1)C(=O)OO. The van der Waals surface area contributed by atoms with Crippen LogP contribution in [0.5, 0.6) is 0 Å². The predicted octanol–water partition coefficient (Wildman–Crippen LogP) is 4.34. The third-order valence-electron chi connectivity index (χ3n) is 5.83. The van der Waals surface area contributed by atoms with Gasteiger partial charge in [-0.25, -0.2) is 4.79 Å². The molecule has 2 amide bonds. The van der Waals surface area contributed by atoms with Crippen LogP contribution in [0.2, 0.25) is 14.8 Å². The minimum absolute atomic E-state index is 0.128. The quantitative estimate of drug-likeness (QED) is 0.206. The van der Waals surface area contributed by atoms with Gasteiger partial charge in [0.2, 0.25) is 0 Å². The number of rotatable bonds is 11. The topological polar surface area (TPSA) is 105 Å². The van der Waals surface area contributed by atoms with Crippen LogP contribution in [0.4, 0.5) is 0 Å². The van der Waals surface area contributed by atoms with E-state index < -0.39 is 42.3 Å². The number of benzene rings is 2. The van der Waals surface area contributed by atoms with E-state index in [0.29, 0.717) is 24.8 Å². The van der Waals surface area contributed by atoms with E-state index in [1.165, 1.54) is 3.58 Å². The molecule has 0 aromatic heterocycles. The first-order valence-electron chi connectivity index (χ1n) is 12.1. The van der Waals surface area contributed by atoms with Crippen molar-refractivity contribution in [2.24, 2.45) is 5.92 Å². The van der Waals surface area contributed by atoms with Crippen molar-refractivity contribution >= 4 is 39.7 Å². The van der Waals surface area contributed by atoms with Gasteiger partial charge in [-0.3, -0.25) is 9.68 Å². The van der Waals surface area contributed by atoms with Gasteiger partial charge in [-0.05, 0) is 12.3 Å². The van der Waals surface area contributed by atoms with Crippen LogP contribution >= 0.6 is 0 Å². The molecule has 0 aliphatic rings. The summed E-state index contributed by atoms with van der Waals surface area (Å²) in [5.74, 6) is -1.66. The summed E-state index contributed by atoms with van der Waals surface area (Å²) in [4.78, 5) is 48.5. The average molecular weight is 589 g/mol. The molecule has 0 aliphatic carbocycles. The summed E-state index contributed by atoms with van der Waals surface area (Å²) in [6.45, 7) is 5.74. The van der Waals surface area contributed by atoms with E-state index >= 15 is 0 Å². The van der Waals surface area contributed by atoms with E-state index in [2.05, 4.69) is 54.6 Å². The third kappa shape index (κ3) is 8.65. The standard InChI is InChI=1S/C24H29N2O5.3CH3.Sn/c1-4-8-20(24(29)31-30)25-23(28)21(15-16(2)3)26-22(27)19-13-11-18(12-14-19)17-9-6-5-7-10-17;;;;/h6-7,9-14,16,20-21,30H,4,8,15H2,1-3H3,(H,25,28)(H,26,27);3*1H3;/t20?,21-;;;;/m0..../s1. The van der Waals surface area contributed by atoms with Crippen molar-refractivity contribution in [1.29, 1.82) is 0 Å². The summed E-state index contributed by atoms with van der Waals surface area (Å²) < 4.78 is 1.46. The minimum Gasteiger partial charge on any atom is -0.299 e. The van der Waals surface area contributed by atoms with E-state index in [4.69, 9.17) is 5.26 Å². The summed E-state index contributed by atoms with van der Waals surface area (Å²) in [7, 11) is 0.